The average Bonchev–Trinajstić information content (AvgIpc) is 2.93. The van der Waals surface area contributed by atoms with Gasteiger partial charge in [0.05, 0.1) is 6.04 Å². The Hall–Kier alpha value is -1.75. The quantitative estimate of drug-likeness (QED) is 0.712. The standard InChI is InChI=1S/C21H22BrN3/c22-20-6-4-16(5-7-20)21(25-12-1-9-23-11-13-25)18-2-3-19-15-24-10-8-17(19)14-18/h2-8,10,14-15,21,23H,1,9,11-13H2. The van der Waals surface area contributed by atoms with Crippen LogP contribution in [-0.2, 0) is 0 Å². The molecule has 1 aromatic heterocycles. The van der Waals surface area contributed by atoms with Crippen molar-refractivity contribution >= 4 is 26.7 Å². The second-order valence-electron chi connectivity index (χ2n) is 6.58. The van der Waals surface area contributed by atoms with E-state index in [1.165, 1.54) is 28.3 Å². The number of nitrogens with zero attached hydrogens (tertiary/aromatic N) is 2. The van der Waals surface area contributed by atoms with Crippen LogP contribution >= 0.6 is 15.9 Å². The first-order valence-electron chi connectivity index (χ1n) is 8.85. The van der Waals surface area contributed by atoms with Gasteiger partial charge in [-0.1, -0.05) is 40.2 Å². The Morgan fingerprint density at radius 3 is 2.64 bits per heavy atom. The number of rotatable bonds is 3. The lowest BCUT2D eigenvalue weighted by Crippen LogP contribution is -2.33. The summed E-state index contributed by atoms with van der Waals surface area (Å²) in [5.74, 6) is 0. The summed E-state index contributed by atoms with van der Waals surface area (Å²) in [6.07, 6.45) is 4.99. The van der Waals surface area contributed by atoms with Crippen LogP contribution in [-0.4, -0.2) is 36.1 Å². The molecular formula is C21H22BrN3. The SMILES string of the molecule is Brc1ccc(C(c2ccc3cnccc3c2)N2CCCNCC2)cc1. The summed E-state index contributed by atoms with van der Waals surface area (Å²) in [5.41, 5.74) is 2.70. The van der Waals surface area contributed by atoms with E-state index >= 15 is 0 Å². The minimum Gasteiger partial charge on any atom is -0.315 e. The number of hydrogen-bond donors (Lipinski definition) is 1. The smallest absolute Gasteiger partial charge is 0.0602 e. The van der Waals surface area contributed by atoms with Crippen LogP contribution in [0.25, 0.3) is 10.8 Å². The molecule has 128 valence electrons. The predicted molar refractivity (Wildman–Crippen MR) is 107 cm³/mol. The fourth-order valence-corrected chi connectivity index (χ4v) is 3.92. The van der Waals surface area contributed by atoms with Gasteiger partial charge in [0.2, 0.25) is 0 Å². The zero-order valence-corrected chi connectivity index (χ0v) is 15.7. The number of nitrogens with one attached hydrogen (secondary N) is 1. The molecule has 25 heavy (non-hydrogen) atoms. The Morgan fingerprint density at radius 2 is 1.76 bits per heavy atom. The van der Waals surface area contributed by atoms with Gasteiger partial charge in [-0.3, -0.25) is 9.88 Å². The van der Waals surface area contributed by atoms with Crippen molar-refractivity contribution in [3.63, 3.8) is 0 Å². The molecule has 4 rings (SSSR count). The maximum absolute atomic E-state index is 4.23. The number of benzene rings is 2. The summed E-state index contributed by atoms with van der Waals surface area (Å²) in [4.78, 5) is 6.84. The highest BCUT2D eigenvalue weighted by molar-refractivity contribution is 9.10. The van der Waals surface area contributed by atoms with E-state index in [1.54, 1.807) is 0 Å². The molecule has 3 nitrogen and oxygen atoms in total. The molecular weight excluding hydrogens is 374 g/mol. The molecule has 2 aromatic carbocycles. The molecule has 1 unspecified atom stereocenters. The van der Waals surface area contributed by atoms with Gasteiger partial charge in [-0.15, -0.1) is 0 Å². The second-order valence-corrected chi connectivity index (χ2v) is 7.49. The van der Waals surface area contributed by atoms with Gasteiger partial charge < -0.3 is 5.32 Å². The van der Waals surface area contributed by atoms with E-state index in [1.807, 2.05) is 12.4 Å². The van der Waals surface area contributed by atoms with Gasteiger partial charge in [0.1, 0.15) is 0 Å². The molecule has 0 aliphatic carbocycles. The number of pyridine rings is 1. The first kappa shape index (κ1) is 16.7. The van der Waals surface area contributed by atoms with E-state index in [9.17, 15) is 0 Å². The lowest BCUT2D eigenvalue weighted by atomic mass is 9.95. The van der Waals surface area contributed by atoms with Crippen molar-refractivity contribution in [1.82, 2.24) is 15.2 Å². The molecule has 2 heterocycles. The van der Waals surface area contributed by atoms with Crippen molar-refractivity contribution in [2.24, 2.45) is 0 Å². The fourth-order valence-electron chi connectivity index (χ4n) is 3.66. The second kappa shape index (κ2) is 7.65. The summed E-state index contributed by atoms with van der Waals surface area (Å²) < 4.78 is 1.12. The highest BCUT2D eigenvalue weighted by atomic mass is 79.9. The highest BCUT2D eigenvalue weighted by Crippen LogP contribution is 2.31. The van der Waals surface area contributed by atoms with Crippen molar-refractivity contribution in [3.05, 3.63) is 76.5 Å². The van der Waals surface area contributed by atoms with E-state index in [-0.39, 0.29) is 6.04 Å². The molecule has 1 aliphatic rings. The van der Waals surface area contributed by atoms with Gasteiger partial charge in [0.15, 0.2) is 0 Å². The Kier molecular flexibility index (Phi) is 5.11. The van der Waals surface area contributed by atoms with Gasteiger partial charge in [-0.05, 0) is 53.7 Å². The molecule has 1 fully saturated rings. The molecule has 0 bridgehead atoms. The first-order chi connectivity index (χ1) is 12.3. The highest BCUT2D eigenvalue weighted by Gasteiger charge is 2.23. The first-order valence-corrected chi connectivity index (χ1v) is 9.64. The van der Waals surface area contributed by atoms with Crippen molar-refractivity contribution in [2.45, 2.75) is 12.5 Å². The van der Waals surface area contributed by atoms with Gasteiger partial charge in [-0.2, -0.15) is 0 Å². The number of halogens is 1. The zero-order valence-electron chi connectivity index (χ0n) is 14.2. The Balaban J connectivity index is 1.78. The largest absolute Gasteiger partial charge is 0.315 e. The molecule has 3 aromatic rings. The fraction of sp³-hybridized carbons (Fsp3) is 0.286. The predicted octanol–water partition coefficient (Wildman–Crippen LogP) is 4.38. The van der Waals surface area contributed by atoms with E-state index in [4.69, 9.17) is 0 Å². The molecule has 0 radical (unpaired) electrons. The van der Waals surface area contributed by atoms with Crippen molar-refractivity contribution < 1.29 is 0 Å². The van der Waals surface area contributed by atoms with Gasteiger partial charge in [0.25, 0.3) is 0 Å². The lowest BCUT2D eigenvalue weighted by molar-refractivity contribution is 0.241. The van der Waals surface area contributed by atoms with Gasteiger partial charge in [-0.25, -0.2) is 0 Å². The summed E-state index contributed by atoms with van der Waals surface area (Å²) in [5, 5.41) is 5.96. The number of aromatic nitrogens is 1. The van der Waals surface area contributed by atoms with Crippen LogP contribution in [0.2, 0.25) is 0 Å². The third-order valence-electron chi connectivity index (χ3n) is 4.91. The van der Waals surface area contributed by atoms with Crippen LogP contribution in [0.1, 0.15) is 23.6 Å². The van der Waals surface area contributed by atoms with Crippen LogP contribution in [0.5, 0.6) is 0 Å². The third-order valence-corrected chi connectivity index (χ3v) is 5.43. The molecule has 1 saturated heterocycles. The summed E-state index contributed by atoms with van der Waals surface area (Å²) >= 11 is 3.56. The maximum atomic E-state index is 4.23. The van der Waals surface area contributed by atoms with E-state index in [2.05, 4.69) is 79.7 Å². The van der Waals surface area contributed by atoms with E-state index < -0.39 is 0 Å². The van der Waals surface area contributed by atoms with Crippen LogP contribution < -0.4 is 5.32 Å². The molecule has 4 heteroatoms. The molecule has 0 spiro atoms. The van der Waals surface area contributed by atoms with Crippen LogP contribution in [0, 0.1) is 0 Å². The van der Waals surface area contributed by atoms with Gasteiger partial charge in [0, 0.05) is 41.9 Å². The van der Waals surface area contributed by atoms with E-state index in [0.717, 1.165) is 30.7 Å². The van der Waals surface area contributed by atoms with E-state index in [0.29, 0.717) is 0 Å². The van der Waals surface area contributed by atoms with Crippen molar-refractivity contribution in [1.29, 1.82) is 0 Å². The topological polar surface area (TPSA) is 28.2 Å². The minimum atomic E-state index is 0.283. The van der Waals surface area contributed by atoms with Crippen LogP contribution in [0.4, 0.5) is 0 Å². The molecule has 1 aliphatic heterocycles. The Bertz CT molecular complexity index is 839. The van der Waals surface area contributed by atoms with Crippen LogP contribution in [0.15, 0.2) is 65.4 Å². The maximum Gasteiger partial charge on any atom is 0.0602 e. The summed E-state index contributed by atoms with van der Waals surface area (Å²) in [6.45, 7) is 4.33. The molecule has 1 N–H and O–H groups in total. The third kappa shape index (κ3) is 3.76. The molecule has 0 amide bonds. The lowest BCUT2D eigenvalue weighted by Gasteiger charge is -2.31. The zero-order chi connectivity index (χ0) is 17.1. The van der Waals surface area contributed by atoms with Crippen LogP contribution in [0.3, 0.4) is 0 Å². The Morgan fingerprint density at radius 1 is 0.920 bits per heavy atom. The Labute approximate surface area is 157 Å². The monoisotopic (exact) mass is 395 g/mol. The minimum absolute atomic E-state index is 0.283. The summed E-state index contributed by atoms with van der Waals surface area (Å²) in [6, 6.07) is 17.9. The van der Waals surface area contributed by atoms with Crippen molar-refractivity contribution in [2.75, 3.05) is 26.2 Å². The number of hydrogen-bond acceptors (Lipinski definition) is 3. The normalized spacial score (nSPS) is 17.3. The summed E-state index contributed by atoms with van der Waals surface area (Å²) in [7, 11) is 0. The average molecular weight is 396 g/mol. The van der Waals surface area contributed by atoms with Crippen molar-refractivity contribution in [3.8, 4) is 0 Å². The molecule has 1 atom stereocenters. The number of fused-ring (bicyclic) bond motifs is 1. The van der Waals surface area contributed by atoms with Gasteiger partial charge >= 0.3 is 0 Å². The molecule has 0 saturated carbocycles.